The van der Waals surface area contributed by atoms with Crippen molar-refractivity contribution in [2.24, 2.45) is 5.84 Å². The van der Waals surface area contributed by atoms with Crippen LogP contribution in [0.4, 0.5) is 20.2 Å². The van der Waals surface area contributed by atoms with E-state index in [1.807, 2.05) is 4.72 Å². The van der Waals surface area contributed by atoms with E-state index in [1.165, 1.54) is 18.3 Å². The molecule has 21 heavy (non-hydrogen) atoms. The summed E-state index contributed by atoms with van der Waals surface area (Å²) < 4.78 is 52.8. The molecule has 0 aliphatic rings. The summed E-state index contributed by atoms with van der Waals surface area (Å²) in [7, 11) is -4.26. The normalized spacial score (nSPS) is 11.2. The number of nitrogens with two attached hydrogens (primary N) is 1. The highest BCUT2D eigenvalue weighted by molar-refractivity contribution is 7.92. The minimum atomic E-state index is -4.26. The summed E-state index contributed by atoms with van der Waals surface area (Å²) in [5, 5.41) is -0.874. The van der Waals surface area contributed by atoms with Gasteiger partial charge in [-0.2, -0.15) is 8.42 Å². The lowest BCUT2D eigenvalue weighted by molar-refractivity contribution is 0.582. The van der Waals surface area contributed by atoms with Crippen molar-refractivity contribution in [1.82, 2.24) is 4.98 Å². The van der Waals surface area contributed by atoms with Crippen LogP contribution in [0, 0.1) is 11.6 Å². The molecular formula is C11H9ClF2N4O2S. The molecule has 0 atom stereocenters. The molecule has 0 amide bonds. The minimum absolute atomic E-state index is 0.00337. The van der Waals surface area contributed by atoms with Crippen molar-refractivity contribution >= 4 is 33.0 Å². The molecule has 1 aromatic carbocycles. The zero-order chi connectivity index (χ0) is 15.6. The van der Waals surface area contributed by atoms with Crippen molar-refractivity contribution in [2.45, 2.75) is 5.03 Å². The second-order valence-electron chi connectivity index (χ2n) is 3.85. The molecule has 6 nitrogen and oxygen atoms in total. The van der Waals surface area contributed by atoms with Gasteiger partial charge in [-0.1, -0.05) is 11.6 Å². The number of aromatic nitrogens is 1. The van der Waals surface area contributed by atoms with Crippen molar-refractivity contribution in [3.05, 3.63) is 47.1 Å². The van der Waals surface area contributed by atoms with Crippen LogP contribution in [0.2, 0.25) is 5.02 Å². The first-order valence-corrected chi connectivity index (χ1v) is 7.30. The SMILES string of the molecule is NNc1cccnc1S(=O)(=O)Nc1c(F)cc(F)cc1Cl. The van der Waals surface area contributed by atoms with E-state index in [9.17, 15) is 17.2 Å². The van der Waals surface area contributed by atoms with Gasteiger partial charge in [0.1, 0.15) is 11.5 Å². The summed E-state index contributed by atoms with van der Waals surface area (Å²) in [6.45, 7) is 0. The van der Waals surface area contributed by atoms with Crippen LogP contribution >= 0.6 is 11.6 Å². The van der Waals surface area contributed by atoms with Gasteiger partial charge in [-0.3, -0.25) is 10.6 Å². The molecule has 112 valence electrons. The van der Waals surface area contributed by atoms with Crippen molar-refractivity contribution < 1.29 is 17.2 Å². The number of sulfonamides is 1. The predicted molar refractivity (Wildman–Crippen MR) is 74.2 cm³/mol. The smallest absolute Gasteiger partial charge is 0.281 e. The molecule has 0 fully saturated rings. The Morgan fingerprint density at radius 3 is 2.62 bits per heavy atom. The highest BCUT2D eigenvalue weighted by Gasteiger charge is 2.23. The monoisotopic (exact) mass is 334 g/mol. The molecule has 0 aliphatic carbocycles. The fourth-order valence-corrected chi connectivity index (χ4v) is 3.02. The number of hydrogen-bond acceptors (Lipinski definition) is 5. The Kier molecular flexibility index (Phi) is 4.26. The minimum Gasteiger partial charge on any atom is -0.321 e. The number of nitrogens with zero attached hydrogens (tertiary/aromatic N) is 1. The van der Waals surface area contributed by atoms with Gasteiger partial charge < -0.3 is 5.43 Å². The molecule has 1 aromatic heterocycles. The Bertz CT molecular complexity index is 763. The molecule has 0 bridgehead atoms. The molecule has 2 aromatic rings. The third kappa shape index (κ3) is 3.20. The summed E-state index contributed by atoms with van der Waals surface area (Å²) in [6, 6.07) is 4.11. The van der Waals surface area contributed by atoms with Gasteiger partial charge >= 0.3 is 0 Å². The molecule has 2 rings (SSSR count). The van der Waals surface area contributed by atoms with Crippen molar-refractivity contribution in [1.29, 1.82) is 0 Å². The van der Waals surface area contributed by atoms with Gasteiger partial charge in [0.05, 0.1) is 10.7 Å². The Labute approximate surface area is 124 Å². The third-order valence-electron chi connectivity index (χ3n) is 2.42. The number of rotatable bonds is 4. The van der Waals surface area contributed by atoms with Gasteiger partial charge in [-0.15, -0.1) is 0 Å². The summed E-state index contributed by atoms with van der Waals surface area (Å²) in [5.74, 6) is 3.11. The molecule has 0 spiro atoms. The first-order chi connectivity index (χ1) is 9.85. The van der Waals surface area contributed by atoms with Gasteiger partial charge in [0.25, 0.3) is 10.0 Å². The summed E-state index contributed by atoms with van der Waals surface area (Å²) in [6.07, 6.45) is 1.22. The maximum atomic E-state index is 13.6. The van der Waals surface area contributed by atoms with Gasteiger partial charge in [0, 0.05) is 12.3 Å². The fraction of sp³-hybridized carbons (Fsp3) is 0. The number of nitrogen functional groups attached to an aromatic ring is 1. The van der Waals surface area contributed by atoms with E-state index in [0.717, 1.165) is 6.07 Å². The van der Waals surface area contributed by atoms with E-state index in [-0.39, 0.29) is 5.69 Å². The van der Waals surface area contributed by atoms with E-state index < -0.39 is 37.4 Å². The highest BCUT2D eigenvalue weighted by atomic mass is 35.5. The molecule has 1 heterocycles. The maximum absolute atomic E-state index is 13.6. The zero-order valence-electron chi connectivity index (χ0n) is 10.3. The van der Waals surface area contributed by atoms with Crippen molar-refractivity contribution in [3.63, 3.8) is 0 Å². The van der Waals surface area contributed by atoms with Gasteiger partial charge in [-0.05, 0) is 18.2 Å². The lowest BCUT2D eigenvalue weighted by Crippen LogP contribution is -2.19. The Hall–Kier alpha value is -1.97. The largest absolute Gasteiger partial charge is 0.321 e. The lowest BCUT2D eigenvalue weighted by atomic mass is 10.3. The number of pyridine rings is 1. The standard InChI is InChI=1S/C11H9ClF2N4O2S/c12-7-4-6(13)5-8(14)10(7)18-21(19,20)11-9(17-15)2-1-3-16-11/h1-5,17-18H,15H2. The van der Waals surface area contributed by atoms with E-state index in [1.54, 1.807) is 0 Å². The number of hydrazine groups is 1. The molecule has 10 heteroatoms. The number of anilines is 2. The Morgan fingerprint density at radius 2 is 2.00 bits per heavy atom. The van der Waals surface area contributed by atoms with Crippen LogP contribution in [-0.2, 0) is 10.0 Å². The van der Waals surface area contributed by atoms with Gasteiger partial charge in [-0.25, -0.2) is 13.8 Å². The van der Waals surface area contributed by atoms with Crippen molar-refractivity contribution in [2.75, 3.05) is 10.1 Å². The second-order valence-corrected chi connectivity index (χ2v) is 5.86. The Morgan fingerprint density at radius 1 is 1.29 bits per heavy atom. The quantitative estimate of drug-likeness (QED) is 0.587. The molecule has 0 aliphatic heterocycles. The van der Waals surface area contributed by atoms with Gasteiger partial charge in [0.2, 0.25) is 5.03 Å². The number of halogens is 3. The van der Waals surface area contributed by atoms with E-state index >= 15 is 0 Å². The summed E-state index contributed by atoms with van der Waals surface area (Å²) in [5.41, 5.74) is 1.58. The number of hydrogen-bond donors (Lipinski definition) is 3. The first kappa shape index (κ1) is 15.4. The van der Waals surface area contributed by atoms with Crippen LogP contribution in [0.5, 0.6) is 0 Å². The van der Waals surface area contributed by atoms with Gasteiger partial charge in [0.15, 0.2) is 5.82 Å². The first-order valence-electron chi connectivity index (χ1n) is 5.44. The summed E-state index contributed by atoms with van der Waals surface area (Å²) in [4.78, 5) is 3.66. The van der Waals surface area contributed by atoms with E-state index in [0.29, 0.717) is 6.07 Å². The molecule has 4 N–H and O–H groups in total. The highest BCUT2D eigenvalue weighted by Crippen LogP contribution is 2.29. The number of benzene rings is 1. The topological polar surface area (TPSA) is 97.1 Å². The van der Waals surface area contributed by atoms with Crippen molar-refractivity contribution in [3.8, 4) is 0 Å². The van der Waals surface area contributed by atoms with Crippen LogP contribution < -0.4 is 16.0 Å². The fourth-order valence-electron chi connectivity index (χ4n) is 1.54. The van der Waals surface area contributed by atoms with Crippen LogP contribution in [0.3, 0.4) is 0 Å². The zero-order valence-corrected chi connectivity index (χ0v) is 11.8. The predicted octanol–water partition coefficient (Wildman–Crippen LogP) is 2.10. The summed E-state index contributed by atoms with van der Waals surface area (Å²) >= 11 is 5.63. The van der Waals surface area contributed by atoms with E-state index in [2.05, 4.69) is 10.4 Å². The third-order valence-corrected chi connectivity index (χ3v) is 4.03. The van der Waals surface area contributed by atoms with Crippen LogP contribution in [0.25, 0.3) is 0 Å². The molecule has 0 radical (unpaired) electrons. The van der Waals surface area contributed by atoms with E-state index in [4.69, 9.17) is 17.4 Å². The average molecular weight is 335 g/mol. The molecular weight excluding hydrogens is 326 g/mol. The lowest BCUT2D eigenvalue weighted by Gasteiger charge is -2.12. The average Bonchev–Trinajstić information content (AvgIpc) is 2.43. The van der Waals surface area contributed by atoms with Crippen LogP contribution in [0.1, 0.15) is 0 Å². The molecule has 0 saturated heterocycles. The molecule has 0 unspecified atom stereocenters. The van der Waals surface area contributed by atoms with Crippen LogP contribution in [-0.4, -0.2) is 13.4 Å². The Balaban J connectivity index is 2.48. The van der Waals surface area contributed by atoms with Crippen LogP contribution in [0.15, 0.2) is 35.5 Å². The second kappa shape index (κ2) is 5.80. The number of nitrogens with one attached hydrogen (secondary N) is 2. The molecule has 0 saturated carbocycles. The maximum Gasteiger partial charge on any atom is 0.281 e.